The number of aryl methyl sites for hydroxylation is 3. The number of aromatic nitrogens is 2. The first-order valence-electron chi connectivity index (χ1n) is 6.50. The number of pyridine rings is 1. The summed E-state index contributed by atoms with van der Waals surface area (Å²) in [7, 11) is 0. The SMILES string of the molecule is Cc1ccc(C)c(-c2nc3cc(C)ccn3c2N=O)c1. The molecule has 0 saturated heterocycles. The van der Waals surface area contributed by atoms with Gasteiger partial charge in [0.15, 0.2) is 0 Å². The minimum atomic E-state index is 0.355. The lowest BCUT2D eigenvalue weighted by molar-refractivity contribution is 1.15. The van der Waals surface area contributed by atoms with Gasteiger partial charge >= 0.3 is 0 Å². The molecule has 0 atom stereocenters. The molecule has 0 unspecified atom stereocenters. The van der Waals surface area contributed by atoms with Gasteiger partial charge in [-0.3, -0.25) is 4.40 Å². The fraction of sp³-hybridized carbons (Fsp3) is 0.188. The van der Waals surface area contributed by atoms with E-state index in [0.29, 0.717) is 11.5 Å². The lowest BCUT2D eigenvalue weighted by atomic mass is 10.0. The second-order valence-electron chi connectivity index (χ2n) is 5.13. The Labute approximate surface area is 117 Å². The van der Waals surface area contributed by atoms with Gasteiger partial charge in [0.1, 0.15) is 11.3 Å². The first kappa shape index (κ1) is 12.5. The highest BCUT2D eigenvalue weighted by molar-refractivity contribution is 5.77. The van der Waals surface area contributed by atoms with Crippen LogP contribution in [0.3, 0.4) is 0 Å². The zero-order chi connectivity index (χ0) is 14.3. The summed E-state index contributed by atoms with van der Waals surface area (Å²) < 4.78 is 1.73. The number of benzene rings is 1. The third kappa shape index (κ3) is 1.90. The van der Waals surface area contributed by atoms with Crippen molar-refractivity contribution in [1.82, 2.24) is 9.38 Å². The van der Waals surface area contributed by atoms with Crippen LogP contribution in [0.5, 0.6) is 0 Å². The van der Waals surface area contributed by atoms with Crippen LogP contribution < -0.4 is 0 Å². The van der Waals surface area contributed by atoms with E-state index in [2.05, 4.69) is 10.2 Å². The summed E-state index contributed by atoms with van der Waals surface area (Å²) in [6, 6.07) is 10.0. The zero-order valence-corrected chi connectivity index (χ0v) is 11.7. The molecule has 0 saturated carbocycles. The predicted octanol–water partition coefficient (Wildman–Crippen LogP) is 4.32. The summed E-state index contributed by atoms with van der Waals surface area (Å²) in [5, 5.41) is 3.19. The van der Waals surface area contributed by atoms with Gasteiger partial charge in [0, 0.05) is 11.8 Å². The van der Waals surface area contributed by atoms with Gasteiger partial charge in [-0.25, -0.2) is 4.98 Å². The van der Waals surface area contributed by atoms with Crippen molar-refractivity contribution in [2.24, 2.45) is 5.18 Å². The molecule has 0 spiro atoms. The molecule has 2 heterocycles. The molecule has 1 aromatic carbocycles. The van der Waals surface area contributed by atoms with Crippen molar-refractivity contribution in [3.05, 3.63) is 58.1 Å². The van der Waals surface area contributed by atoms with Crippen LogP contribution in [0.1, 0.15) is 16.7 Å². The molecule has 20 heavy (non-hydrogen) atoms. The topological polar surface area (TPSA) is 46.7 Å². The lowest BCUT2D eigenvalue weighted by Gasteiger charge is -2.04. The Bertz CT molecular complexity index is 818. The van der Waals surface area contributed by atoms with Crippen LogP contribution in [0.4, 0.5) is 5.82 Å². The number of hydrogen-bond donors (Lipinski definition) is 0. The van der Waals surface area contributed by atoms with E-state index in [1.807, 2.05) is 57.3 Å². The number of hydrogen-bond acceptors (Lipinski definition) is 3. The number of fused-ring (bicyclic) bond motifs is 1. The maximum atomic E-state index is 11.2. The average Bonchev–Trinajstić information content (AvgIpc) is 2.78. The largest absolute Gasteiger partial charge is 0.281 e. The molecule has 3 aromatic rings. The van der Waals surface area contributed by atoms with Gasteiger partial charge in [0.05, 0.1) is 0 Å². The van der Waals surface area contributed by atoms with Crippen molar-refractivity contribution < 1.29 is 0 Å². The Kier molecular flexibility index (Phi) is 2.86. The van der Waals surface area contributed by atoms with Gasteiger partial charge in [-0.2, -0.15) is 0 Å². The van der Waals surface area contributed by atoms with Gasteiger partial charge in [-0.05, 0) is 55.3 Å². The lowest BCUT2D eigenvalue weighted by Crippen LogP contribution is -1.86. The summed E-state index contributed by atoms with van der Waals surface area (Å²) in [5.74, 6) is 0.355. The normalized spacial score (nSPS) is 10.9. The highest BCUT2D eigenvalue weighted by Gasteiger charge is 2.16. The first-order valence-corrected chi connectivity index (χ1v) is 6.50. The van der Waals surface area contributed by atoms with Crippen LogP contribution in [-0.4, -0.2) is 9.38 Å². The Balaban J connectivity index is 2.35. The van der Waals surface area contributed by atoms with E-state index < -0.39 is 0 Å². The van der Waals surface area contributed by atoms with E-state index in [0.717, 1.165) is 27.9 Å². The molecule has 0 bridgehead atoms. The van der Waals surface area contributed by atoms with Gasteiger partial charge in [0.2, 0.25) is 5.82 Å². The van der Waals surface area contributed by atoms with Crippen LogP contribution in [0.2, 0.25) is 0 Å². The summed E-state index contributed by atoms with van der Waals surface area (Å²) in [6.07, 6.45) is 1.84. The number of nitroso groups, excluding NO2 is 1. The highest BCUT2D eigenvalue weighted by Crippen LogP contribution is 2.33. The summed E-state index contributed by atoms with van der Waals surface area (Å²) in [6.45, 7) is 6.04. The Morgan fingerprint density at radius 2 is 1.80 bits per heavy atom. The predicted molar refractivity (Wildman–Crippen MR) is 80.3 cm³/mol. The fourth-order valence-electron chi connectivity index (χ4n) is 2.39. The number of imidazole rings is 1. The molecule has 0 aliphatic rings. The van der Waals surface area contributed by atoms with Crippen molar-refractivity contribution in [3.63, 3.8) is 0 Å². The van der Waals surface area contributed by atoms with Crippen LogP contribution in [0.25, 0.3) is 16.9 Å². The van der Waals surface area contributed by atoms with Gasteiger partial charge in [-0.1, -0.05) is 17.7 Å². The van der Waals surface area contributed by atoms with Crippen molar-refractivity contribution in [2.45, 2.75) is 20.8 Å². The maximum absolute atomic E-state index is 11.2. The van der Waals surface area contributed by atoms with Gasteiger partial charge < -0.3 is 0 Å². The van der Waals surface area contributed by atoms with Crippen LogP contribution in [-0.2, 0) is 0 Å². The first-order chi connectivity index (χ1) is 9.60. The Morgan fingerprint density at radius 1 is 1.05 bits per heavy atom. The molecular formula is C16H15N3O. The molecule has 4 heteroatoms. The molecule has 100 valence electrons. The Morgan fingerprint density at radius 3 is 2.55 bits per heavy atom. The average molecular weight is 265 g/mol. The number of nitrogens with zero attached hydrogens (tertiary/aromatic N) is 3. The maximum Gasteiger partial charge on any atom is 0.209 e. The minimum Gasteiger partial charge on any atom is -0.281 e. The highest BCUT2D eigenvalue weighted by atomic mass is 16.3. The number of rotatable bonds is 2. The second kappa shape index (κ2) is 4.56. The molecule has 0 N–H and O–H groups in total. The third-order valence-corrected chi connectivity index (χ3v) is 3.49. The molecule has 0 amide bonds. The van der Waals surface area contributed by atoms with E-state index in [1.165, 1.54) is 0 Å². The zero-order valence-electron chi connectivity index (χ0n) is 11.7. The molecule has 0 radical (unpaired) electrons. The molecule has 3 rings (SSSR count). The fourth-order valence-corrected chi connectivity index (χ4v) is 2.39. The summed E-state index contributed by atoms with van der Waals surface area (Å²) in [4.78, 5) is 15.8. The molecule has 0 aliphatic heterocycles. The molecular weight excluding hydrogens is 250 g/mol. The van der Waals surface area contributed by atoms with E-state index in [-0.39, 0.29) is 0 Å². The Hall–Kier alpha value is -2.49. The van der Waals surface area contributed by atoms with Crippen LogP contribution in [0, 0.1) is 25.7 Å². The van der Waals surface area contributed by atoms with E-state index in [9.17, 15) is 4.91 Å². The molecule has 2 aromatic heterocycles. The van der Waals surface area contributed by atoms with E-state index in [1.54, 1.807) is 4.40 Å². The van der Waals surface area contributed by atoms with Crippen molar-refractivity contribution in [3.8, 4) is 11.3 Å². The van der Waals surface area contributed by atoms with Crippen molar-refractivity contribution in [2.75, 3.05) is 0 Å². The summed E-state index contributed by atoms with van der Waals surface area (Å²) >= 11 is 0. The van der Waals surface area contributed by atoms with Crippen molar-refractivity contribution >= 4 is 11.5 Å². The van der Waals surface area contributed by atoms with E-state index >= 15 is 0 Å². The van der Waals surface area contributed by atoms with Gasteiger partial charge in [0.25, 0.3) is 0 Å². The molecule has 4 nitrogen and oxygen atoms in total. The summed E-state index contributed by atoms with van der Waals surface area (Å²) in [5.41, 5.74) is 5.67. The standard InChI is InChI=1S/C16H15N3O/c1-10-4-5-12(3)13(8-10)15-16(18-20)19-7-6-11(2)9-14(19)17-15/h4-9H,1-3H3. The van der Waals surface area contributed by atoms with Crippen LogP contribution in [0.15, 0.2) is 41.7 Å². The second-order valence-corrected chi connectivity index (χ2v) is 5.13. The quantitative estimate of drug-likeness (QED) is 0.647. The molecule has 0 fully saturated rings. The van der Waals surface area contributed by atoms with E-state index in [4.69, 9.17) is 0 Å². The monoisotopic (exact) mass is 265 g/mol. The minimum absolute atomic E-state index is 0.355. The van der Waals surface area contributed by atoms with Gasteiger partial charge in [-0.15, -0.1) is 4.91 Å². The van der Waals surface area contributed by atoms with Crippen LogP contribution >= 0.6 is 0 Å². The third-order valence-electron chi connectivity index (χ3n) is 3.49. The smallest absolute Gasteiger partial charge is 0.209 e. The van der Waals surface area contributed by atoms with Crippen molar-refractivity contribution in [1.29, 1.82) is 0 Å². The molecule has 0 aliphatic carbocycles.